The van der Waals surface area contributed by atoms with Crippen LogP contribution in [0.3, 0.4) is 0 Å². The zero-order valence-electron chi connectivity index (χ0n) is 14.4. The lowest BCUT2D eigenvalue weighted by Crippen LogP contribution is -2.35. The molecule has 1 aliphatic heterocycles. The first-order valence-electron chi connectivity index (χ1n) is 8.71. The van der Waals surface area contributed by atoms with Crippen LogP contribution in [0, 0.1) is 0 Å². The average Bonchev–Trinajstić information content (AvgIpc) is 3.16. The standard InChI is InChI=1S/C18H26N4OS/c1-20-11-8-19-17(20)15-21-9-4-10-22(13-12-21)18(23)7-2-5-16-6-3-14-24-16/h3,6,8,11,14H,2,4-5,7,9-10,12-13,15H2,1H3. The molecule has 1 fully saturated rings. The number of hydrogen-bond acceptors (Lipinski definition) is 4. The number of carbonyl (C=O) groups is 1. The van der Waals surface area contributed by atoms with E-state index in [-0.39, 0.29) is 0 Å². The number of carbonyl (C=O) groups excluding carboxylic acids is 1. The fraction of sp³-hybridized carbons (Fsp3) is 0.556. The van der Waals surface area contributed by atoms with Gasteiger partial charge < -0.3 is 9.47 Å². The van der Waals surface area contributed by atoms with Crippen molar-refractivity contribution in [3.05, 3.63) is 40.6 Å². The summed E-state index contributed by atoms with van der Waals surface area (Å²) in [4.78, 5) is 22.7. The number of hydrogen-bond donors (Lipinski definition) is 0. The Balaban J connectivity index is 1.42. The van der Waals surface area contributed by atoms with Crippen molar-refractivity contribution >= 4 is 17.2 Å². The summed E-state index contributed by atoms with van der Waals surface area (Å²) in [5.74, 6) is 1.40. The summed E-state index contributed by atoms with van der Waals surface area (Å²) in [5, 5.41) is 2.10. The molecule has 0 spiro atoms. The molecule has 0 bridgehead atoms. The summed E-state index contributed by atoms with van der Waals surface area (Å²) in [5.41, 5.74) is 0. The van der Waals surface area contributed by atoms with Crippen LogP contribution < -0.4 is 0 Å². The molecular weight excluding hydrogens is 320 g/mol. The molecule has 0 radical (unpaired) electrons. The van der Waals surface area contributed by atoms with Crippen molar-refractivity contribution in [3.8, 4) is 0 Å². The summed E-state index contributed by atoms with van der Waals surface area (Å²) in [7, 11) is 2.03. The molecule has 0 atom stereocenters. The van der Waals surface area contributed by atoms with E-state index in [0.29, 0.717) is 12.3 Å². The van der Waals surface area contributed by atoms with Crippen LogP contribution >= 0.6 is 11.3 Å². The number of nitrogens with zero attached hydrogens (tertiary/aromatic N) is 4. The molecule has 0 unspecified atom stereocenters. The fourth-order valence-electron chi connectivity index (χ4n) is 3.15. The molecule has 1 saturated heterocycles. The molecule has 0 N–H and O–H groups in total. The summed E-state index contributed by atoms with van der Waals surface area (Å²) < 4.78 is 2.07. The molecule has 0 aromatic carbocycles. The van der Waals surface area contributed by atoms with E-state index in [1.807, 2.05) is 24.3 Å². The quantitative estimate of drug-likeness (QED) is 0.807. The Morgan fingerprint density at radius 1 is 1.29 bits per heavy atom. The third-order valence-corrected chi connectivity index (χ3v) is 5.56. The average molecular weight is 347 g/mol. The van der Waals surface area contributed by atoms with Gasteiger partial charge in [0.1, 0.15) is 5.82 Å². The minimum atomic E-state index is 0.311. The predicted molar refractivity (Wildman–Crippen MR) is 96.9 cm³/mol. The van der Waals surface area contributed by atoms with Crippen molar-refractivity contribution < 1.29 is 4.79 Å². The second kappa shape index (κ2) is 8.44. The highest BCUT2D eigenvalue weighted by Gasteiger charge is 2.19. The first-order valence-corrected chi connectivity index (χ1v) is 9.59. The summed E-state index contributed by atoms with van der Waals surface area (Å²) in [6.07, 6.45) is 7.50. The van der Waals surface area contributed by atoms with E-state index in [1.165, 1.54) is 4.88 Å². The maximum absolute atomic E-state index is 12.5. The minimum absolute atomic E-state index is 0.311. The van der Waals surface area contributed by atoms with Crippen LogP contribution in [0.4, 0.5) is 0 Å². The van der Waals surface area contributed by atoms with Gasteiger partial charge in [-0.1, -0.05) is 6.07 Å². The molecule has 130 valence electrons. The SMILES string of the molecule is Cn1ccnc1CN1CCCN(C(=O)CCCc2cccs2)CC1. The summed E-state index contributed by atoms with van der Waals surface area (Å²) >= 11 is 1.78. The van der Waals surface area contributed by atoms with Gasteiger partial charge in [0.05, 0.1) is 6.54 Å². The van der Waals surface area contributed by atoms with Gasteiger partial charge in [-0.2, -0.15) is 0 Å². The molecule has 0 saturated carbocycles. The van der Waals surface area contributed by atoms with Gasteiger partial charge in [0, 0.05) is 56.9 Å². The Kier molecular flexibility index (Phi) is 6.04. The Hall–Kier alpha value is -1.66. The monoisotopic (exact) mass is 346 g/mol. The topological polar surface area (TPSA) is 41.4 Å². The van der Waals surface area contributed by atoms with Gasteiger partial charge in [0.15, 0.2) is 0 Å². The Morgan fingerprint density at radius 2 is 2.21 bits per heavy atom. The van der Waals surface area contributed by atoms with Gasteiger partial charge in [0.25, 0.3) is 0 Å². The number of imidazole rings is 1. The normalized spacial score (nSPS) is 16.3. The predicted octanol–water partition coefficient (Wildman–Crippen LogP) is 2.54. The van der Waals surface area contributed by atoms with Crippen LogP contribution in [0.1, 0.15) is 30.0 Å². The van der Waals surface area contributed by atoms with Crippen LogP contribution in [-0.2, 0) is 24.8 Å². The molecule has 0 aliphatic carbocycles. The first-order chi connectivity index (χ1) is 11.7. The van der Waals surface area contributed by atoms with E-state index in [0.717, 1.165) is 57.8 Å². The van der Waals surface area contributed by atoms with E-state index in [9.17, 15) is 4.79 Å². The lowest BCUT2D eigenvalue weighted by atomic mass is 10.2. The number of amides is 1. The van der Waals surface area contributed by atoms with Crippen LogP contribution in [-0.4, -0.2) is 51.4 Å². The number of rotatable bonds is 6. The van der Waals surface area contributed by atoms with Crippen molar-refractivity contribution in [2.75, 3.05) is 26.2 Å². The first kappa shape index (κ1) is 17.2. The molecule has 3 heterocycles. The Bertz CT molecular complexity index is 637. The van der Waals surface area contributed by atoms with E-state index in [2.05, 4.69) is 32.0 Å². The van der Waals surface area contributed by atoms with Crippen LogP contribution in [0.15, 0.2) is 29.9 Å². The second-order valence-corrected chi connectivity index (χ2v) is 7.43. The molecule has 3 rings (SSSR count). The molecule has 1 amide bonds. The zero-order chi connectivity index (χ0) is 16.8. The van der Waals surface area contributed by atoms with Crippen molar-refractivity contribution in [2.24, 2.45) is 7.05 Å². The summed E-state index contributed by atoms with van der Waals surface area (Å²) in [6.45, 7) is 4.55. The minimum Gasteiger partial charge on any atom is -0.341 e. The molecule has 5 nitrogen and oxygen atoms in total. The maximum atomic E-state index is 12.5. The molecule has 2 aromatic heterocycles. The van der Waals surface area contributed by atoms with E-state index < -0.39 is 0 Å². The van der Waals surface area contributed by atoms with Crippen molar-refractivity contribution in [2.45, 2.75) is 32.2 Å². The van der Waals surface area contributed by atoms with Crippen LogP contribution in [0.2, 0.25) is 0 Å². The highest BCUT2D eigenvalue weighted by Crippen LogP contribution is 2.14. The number of thiophene rings is 1. The van der Waals surface area contributed by atoms with E-state index in [4.69, 9.17) is 0 Å². The maximum Gasteiger partial charge on any atom is 0.222 e. The highest BCUT2D eigenvalue weighted by molar-refractivity contribution is 7.09. The lowest BCUT2D eigenvalue weighted by molar-refractivity contribution is -0.131. The van der Waals surface area contributed by atoms with Gasteiger partial charge in [-0.15, -0.1) is 11.3 Å². The van der Waals surface area contributed by atoms with Gasteiger partial charge >= 0.3 is 0 Å². The van der Waals surface area contributed by atoms with Gasteiger partial charge in [-0.25, -0.2) is 4.98 Å². The largest absolute Gasteiger partial charge is 0.341 e. The molecule has 6 heteroatoms. The van der Waals surface area contributed by atoms with E-state index in [1.54, 1.807) is 11.3 Å². The fourth-order valence-corrected chi connectivity index (χ4v) is 3.91. The Morgan fingerprint density at radius 3 is 2.96 bits per heavy atom. The molecule has 24 heavy (non-hydrogen) atoms. The molecule has 2 aromatic rings. The zero-order valence-corrected chi connectivity index (χ0v) is 15.2. The van der Waals surface area contributed by atoms with Crippen LogP contribution in [0.25, 0.3) is 0 Å². The lowest BCUT2D eigenvalue weighted by Gasteiger charge is -2.22. The van der Waals surface area contributed by atoms with Crippen molar-refractivity contribution in [3.63, 3.8) is 0 Å². The van der Waals surface area contributed by atoms with Gasteiger partial charge in [-0.3, -0.25) is 9.69 Å². The third kappa shape index (κ3) is 4.68. The van der Waals surface area contributed by atoms with Gasteiger partial charge in [-0.05, 0) is 30.7 Å². The van der Waals surface area contributed by atoms with E-state index >= 15 is 0 Å². The van der Waals surface area contributed by atoms with Gasteiger partial charge in [0.2, 0.25) is 5.91 Å². The third-order valence-electron chi connectivity index (χ3n) is 4.62. The van der Waals surface area contributed by atoms with Crippen LogP contribution in [0.5, 0.6) is 0 Å². The highest BCUT2D eigenvalue weighted by atomic mass is 32.1. The molecule has 1 aliphatic rings. The number of aromatic nitrogens is 2. The summed E-state index contributed by atoms with van der Waals surface area (Å²) in [6, 6.07) is 4.23. The Labute approximate surface area is 147 Å². The molecular formula is C18H26N4OS. The number of aryl methyl sites for hydroxylation is 2. The second-order valence-electron chi connectivity index (χ2n) is 6.40. The smallest absolute Gasteiger partial charge is 0.222 e. The van der Waals surface area contributed by atoms with Crippen molar-refractivity contribution in [1.82, 2.24) is 19.4 Å². The van der Waals surface area contributed by atoms with Crippen molar-refractivity contribution in [1.29, 1.82) is 0 Å².